The molecule has 0 bridgehead atoms. The highest BCUT2D eigenvalue weighted by Gasteiger charge is 2.30. The minimum absolute atomic E-state index is 0.0278. The number of nitrogens with zero attached hydrogens (tertiary/aromatic N) is 3. The predicted molar refractivity (Wildman–Crippen MR) is 127 cm³/mol. The normalized spacial score (nSPS) is 12.2. The van der Waals surface area contributed by atoms with Gasteiger partial charge >= 0.3 is 11.9 Å². The van der Waals surface area contributed by atoms with Crippen LogP contribution in [0.15, 0.2) is 94.5 Å². The summed E-state index contributed by atoms with van der Waals surface area (Å²) in [6.07, 6.45) is -4.57. The van der Waals surface area contributed by atoms with Crippen molar-refractivity contribution in [2.24, 2.45) is 0 Å². The summed E-state index contributed by atoms with van der Waals surface area (Å²) < 4.78 is 40.6. The predicted octanol–water partition coefficient (Wildman–Crippen LogP) is 3.95. The van der Waals surface area contributed by atoms with Crippen LogP contribution in [0.1, 0.15) is 40.1 Å². The van der Waals surface area contributed by atoms with Gasteiger partial charge in [0.25, 0.3) is 11.5 Å². The van der Waals surface area contributed by atoms with Crippen molar-refractivity contribution >= 4 is 5.91 Å². The van der Waals surface area contributed by atoms with Gasteiger partial charge in [-0.3, -0.25) is 14.2 Å². The number of hydrogen-bond donors (Lipinski definition) is 1. The van der Waals surface area contributed by atoms with Crippen molar-refractivity contribution < 1.29 is 18.0 Å². The first kappa shape index (κ1) is 24.6. The van der Waals surface area contributed by atoms with Gasteiger partial charge in [-0.25, -0.2) is 4.79 Å². The maximum atomic E-state index is 13.2. The Morgan fingerprint density at radius 2 is 1.50 bits per heavy atom. The van der Waals surface area contributed by atoms with Crippen LogP contribution in [0.2, 0.25) is 0 Å². The highest BCUT2D eigenvalue weighted by atomic mass is 19.4. The summed E-state index contributed by atoms with van der Waals surface area (Å²) in [6.45, 7) is 1.57. The Balaban J connectivity index is 1.80. The van der Waals surface area contributed by atoms with E-state index in [0.717, 1.165) is 39.1 Å². The fourth-order valence-corrected chi connectivity index (χ4v) is 3.61. The zero-order valence-electron chi connectivity index (χ0n) is 19.1. The number of halogens is 3. The molecule has 36 heavy (non-hydrogen) atoms. The van der Waals surface area contributed by atoms with E-state index in [4.69, 9.17) is 0 Å². The van der Waals surface area contributed by atoms with E-state index in [1.807, 2.05) is 6.07 Å². The van der Waals surface area contributed by atoms with Gasteiger partial charge in [0.05, 0.1) is 23.8 Å². The molecule has 10 heteroatoms. The zero-order valence-corrected chi connectivity index (χ0v) is 19.1. The van der Waals surface area contributed by atoms with Crippen LogP contribution >= 0.6 is 0 Å². The van der Waals surface area contributed by atoms with E-state index in [1.165, 1.54) is 0 Å². The van der Waals surface area contributed by atoms with Crippen LogP contribution in [-0.4, -0.2) is 20.3 Å². The number of alkyl halides is 3. The molecule has 1 atom stereocenters. The average Bonchev–Trinajstić information content (AvgIpc) is 2.87. The molecule has 0 saturated carbocycles. The number of hydrogen-bond acceptors (Lipinski definition) is 4. The molecule has 0 fully saturated rings. The first-order valence-electron chi connectivity index (χ1n) is 11.0. The van der Waals surface area contributed by atoms with Crippen LogP contribution in [0.3, 0.4) is 0 Å². The van der Waals surface area contributed by atoms with Crippen molar-refractivity contribution in [1.29, 1.82) is 0 Å². The minimum atomic E-state index is -4.57. The topological polar surface area (TPSA) is 86.0 Å². The largest absolute Gasteiger partial charge is 0.416 e. The number of carbonyl (C=O) groups is 1. The fraction of sp³-hybridized carbons (Fsp3) is 0.154. The van der Waals surface area contributed by atoms with Gasteiger partial charge in [0.15, 0.2) is 0 Å². The number of amides is 1. The Morgan fingerprint density at radius 1 is 0.917 bits per heavy atom. The molecule has 0 aliphatic heterocycles. The molecule has 184 valence electrons. The summed E-state index contributed by atoms with van der Waals surface area (Å²) in [4.78, 5) is 39.5. The van der Waals surface area contributed by atoms with Crippen molar-refractivity contribution in [2.45, 2.75) is 25.7 Å². The van der Waals surface area contributed by atoms with E-state index >= 15 is 0 Å². The molecule has 0 saturated heterocycles. The Bertz CT molecular complexity index is 1480. The third-order valence-corrected chi connectivity index (χ3v) is 5.54. The molecule has 1 aromatic heterocycles. The standard InChI is InChI=1S/C26H21F3N4O3/c1-17(19-10-6-3-7-11-19)30-23(34)22-24(35)32(16-18-8-4-2-5-9-18)25(36)33(31-22)21-14-12-20(13-15-21)26(27,28)29/h2-15,17H,16H2,1H3,(H,30,34). The van der Waals surface area contributed by atoms with E-state index in [0.29, 0.717) is 5.56 Å². The lowest BCUT2D eigenvalue weighted by atomic mass is 10.1. The summed E-state index contributed by atoms with van der Waals surface area (Å²) in [5.74, 6) is -0.821. The summed E-state index contributed by atoms with van der Waals surface area (Å²) in [6, 6.07) is 20.9. The summed E-state index contributed by atoms with van der Waals surface area (Å²) in [5, 5.41) is 6.65. The first-order valence-corrected chi connectivity index (χ1v) is 11.0. The first-order chi connectivity index (χ1) is 17.1. The van der Waals surface area contributed by atoms with E-state index in [2.05, 4.69) is 10.4 Å². The Morgan fingerprint density at radius 3 is 2.08 bits per heavy atom. The van der Waals surface area contributed by atoms with Gasteiger partial charge in [0.2, 0.25) is 5.69 Å². The molecule has 0 radical (unpaired) electrons. The van der Waals surface area contributed by atoms with Crippen molar-refractivity contribution in [2.75, 3.05) is 0 Å². The van der Waals surface area contributed by atoms with Gasteiger partial charge in [0.1, 0.15) is 0 Å². The monoisotopic (exact) mass is 494 g/mol. The maximum Gasteiger partial charge on any atom is 0.416 e. The van der Waals surface area contributed by atoms with Crippen LogP contribution in [0.5, 0.6) is 0 Å². The smallest absolute Gasteiger partial charge is 0.344 e. The third kappa shape index (κ3) is 5.27. The molecule has 0 aliphatic carbocycles. The van der Waals surface area contributed by atoms with Gasteiger partial charge in [-0.2, -0.15) is 23.0 Å². The maximum absolute atomic E-state index is 13.2. The molecule has 1 heterocycles. The fourth-order valence-electron chi connectivity index (χ4n) is 3.61. The van der Waals surface area contributed by atoms with E-state index in [-0.39, 0.29) is 12.2 Å². The van der Waals surface area contributed by atoms with Gasteiger partial charge in [-0.1, -0.05) is 60.7 Å². The molecular formula is C26H21F3N4O3. The lowest BCUT2D eigenvalue weighted by Crippen LogP contribution is -2.46. The second-order valence-electron chi connectivity index (χ2n) is 8.07. The van der Waals surface area contributed by atoms with Crippen LogP contribution in [0.4, 0.5) is 13.2 Å². The molecule has 0 spiro atoms. The molecular weight excluding hydrogens is 473 g/mol. The van der Waals surface area contributed by atoms with Gasteiger partial charge in [-0.05, 0) is 42.3 Å². The molecule has 3 aromatic carbocycles. The summed E-state index contributed by atoms with van der Waals surface area (Å²) >= 11 is 0. The van der Waals surface area contributed by atoms with Crippen molar-refractivity contribution in [1.82, 2.24) is 19.7 Å². The Hall–Kier alpha value is -4.47. The lowest BCUT2D eigenvalue weighted by molar-refractivity contribution is -0.137. The van der Waals surface area contributed by atoms with Crippen LogP contribution < -0.4 is 16.6 Å². The SMILES string of the molecule is CC(NC(=O)c1nn(-c2ccc(C(F)(F)F)cc2)c(=O)n(Cc2ccccc2)c1=O)c1ccccc1. The zero-order chi connectivity index (χ0) is 25.9. The van der Waals surface area contributed by atoms with Gasteiger partial charge in [-0.15, -0.1) is 0 Å². The third-order valence-electron chi connectivity index (χ3n) is 5.54. The minimum Gasteiger partial charge on any atom is -0.344 e. The molecule has 7 nitrogen and oxygen atoms in total. The molecule has 0 aliphatic rings. The summed E-state index contributed by atoms with van der Waals surface area (Å²) in [5.41, 5.74) is -1.90. The number of benzene rings is 3. The molecule has 1 N–H and O–H groups in total. The van der Waals surface area contributed by atoms with E-state index < -0.39 is 40.6 Å². The highest BCUT2D eigenvalue weighted by molar-refractivity contribution is 5.92. The lowest BCUT2D eigenvalue weighted by Gasteiger charge is -2.16. The Labute approximate surface area is 203 Å². The number of aromatic nitrogens is 3. The molecule has 1 unspecified atom stereocenters. The van der Waals surface area contributed by atoms with Crippen molar-refractivity contribution in [3.8, 4) is 5.69 Å². The molecule has 4 aromatic rings. The molecule has 4 rings (SSSR count). The van der Waals surface area contributed by atoms with Crippen LogP contribution in [-0.2, 0) is 12.7 Å². The quantitative estimate of drug-likeness (QED) is 0.440. The second kappa shape index (κ2) is 10.0. The average molecular weight is 494 g/mol. The Kier molecular flexibility index (Phi) is 6.86. The van der Waals surface area contributed by atoms with Gasteiger partial charge < -0.3 is 5.32 Å². The highest BCUT2D eigenvalue weighted by Crippen LogP contribution is 2.29. The molecule has 1 amide bonds. The van der Waals surface area contributed by atoms with Gasteiger partial charge in [0, 0.05) is 0 Å². The van der Waals surface area contributed by atoms with Crippen molar-refractivity contribution in [3.05, 3.63) is 128 Å². The van der Waals surface area contributed by atoms with Crippen LogP contribution in [0, 0.1) is 0 Å². The van der Waals surface area contributed by atoms with Crippen LogP contribution in [0.25, 0.3) is 5.69 Å². The second-order valence-corrected chi connectivity index (χ2v) is 8.07. The van der Waals surface area contributed by atoms with Crippen molar-refractivity contribution in [3.63, 3.8) is 0 Å². The number of nitrogens with one attached hydrogen (secondary N) is 1. The van der Waals surface area contributed by atoms with E-state index in [1.54, 1.807) is 61.5 Å². The number of carbonyl (C=O) groups excluding carboxylic acids is 1. The summed E-state index contributed by atoms with van der Waals surface area (Å²) in [7, 11) is 0. The van der Waals surface area contributed by atoms with E-state index in [9.17, 15) is 27.6 Å². The number of rotatable bonds is 6.